The molecule has 3 aromatic heterocycles. The minimum atomic E-state index is 0.302. The van der Waals surface area contributed by atoms with Crippen molar-refractivity contribution in [1.29, 1.82) is 0 Å². The van der Waals surface area contributed by atoms with Gasteiger partial charge in [-0.2, -0.15) is 0 Å². The van der Waals surface area contributed by atoms with Crippen molar-refractivity contribution in [3.05, 3.63) is 54.5 Å². The van der Waals surface area contributed by atoms with E-state index in [1.807, 2.05) is 47.9 Å². The van der Waals surface area contributed by atoms with Crippen LogP contribution in [-0.4, -0.2) is 73.1 Å². The van der Waals surface area contributed by atoms with Crippen molar-refractivity contribution in [3.63, 3.8) is 0 Å². The molecule has 2 aliphatic rings. The number of thioether (sulfide) groups is 1. The second-order valence-electron chi connectivity index (χ2n) is 9.33. The number of rotatable bonds is 7. The summed E-state index contributed by atoms with van der Waals surface area (Å²) in [4.78, 5) is 38.0. The van der Waals surface area contributed by atoms with Crippen LogP contribution in [0.3, 0.4) is 0 Å². The third kappa shape index (κ3) is 5.05. The SMILES string of the molecule is CSc1ncc(-c2ccc3nc(Nc4cc(CN5CCN(C(=O)C6CC6)CC5)ccn4)[nH]c3c2)cn1. The van der Waals surface area contributed by atoms with Crippen LogP contribution in [-0.2, 0) is 11.3 Å². The number of H-pyrrole nitrogens is 1. The fourth-order valence-electron chi connectivity index (χ4n) is 4.55. The van der Waals surface area contributed by atoms with Crippen LogP contribution in [0.4, 0.5) is 11.8 Å². The average Bonchev–Trinajstić information content (AvgIpc) is 3.69. The monoisotopic (exact) mass is 500 g/mol. The molecule has 1 amide bonds. The standard InChI is InChI=1S/C26H28N8OS/c1-36-26-28-14-20(15-29-26)19-4-5-21-22(13-19)31-25(30-21)32-23-12-17(6-7-27-23)16-33-8-10-34(11-9-33)24(35)18-2-3-18/h4-7,12-15,18H,2-3,8-11,16H2,1H3,(H2,27,30,31,32). The van der Waals surface area contributed by atoms with Crippen LogP contribution in [0.2, 0.25) is 0 Å². The zero-order valence-corrected chi connectivity index (χ0v) is 21.0. The third-order valence-electron chi connectivity index (χ3n) is 6.71. The number of nitrogens with one attached hydrogen (secondary N) is 2. The molecule has 2 fully saturated rings. The van der Waals surface area contributed by atoms with Gasteiger partial charge in [0.05, 0.1) is 11.0 Å². The molecule has 1 saturated heterocycles. The summed E-state index contributed by atoms with van der Waals surface area (Å²) in [6, 6.07) is 10.2. The van der Waals surface area contributed by atoms with Gasteiger partial charge in [-0.15, -0.1) is 0 Å². The predicted octanol–water partition coefficient (Wildman–Crippen LogP) is 3.93. The predicted molar refractivity (Wildman–Crippen MR) is 141 cm³/mol. The molecule has 1 aliphatic carbocycles. The molecule has 2 N–H and O–H groups in total. The molecule has 1 aromatic carbocycles. The highest BCUT2D eigenvalue weighted by atomic mass is 32.2. The van der Waals surface area contributed by atoms with Crippen molar-refractivity contribution in [2.75, 3.05) is 37.8 Å². The summed E-state index contributed by atoms with van der Waals surface area (Å²) in [6.45, 7) is 4.28. The maximum absolute atomic E-state index is 12.3. The van der Waals surface area contributed by atoms with Gasteiger partial charge in [0.1, 0.15) is 5.82 Å². The van der Waals surface area contributed by atoms with Crippen molar-refractivity contribution in [3.8, 4) is 11.1 Å². The van der Waals surface area contributed by atoms with Crippen LogP contribution < -0.4 is 5.32 Å². The van der Waals surface area contributed by atoms with Gasteiger partial charge in [0.25, 0.3) is 0 Å². The smallest absolute Gasteiger partial charge is 0.225 e. The number of hydrogen-bond acceptors (Lipinski definition) is 8. The van der Waals surface area contributed by atoms with Gasteiger partial charge in [0, 0.05) is 62.8 Å². The van der Waals surface area contributed by atoms with E-state index in [9.17, 15) is 4.79 Å². The molecule has 4 aromatic rings. The molecule has 184 valence electrons. The van der Waals surface area contributed by atoms with Crippen molar-refractivity contribution < 1.29 is 4.79 Å². The minimum Gasteiger partial charge on any atom is -0.340 e. The second-order valence-corrected chi connectivity index (χ2v) is 10.1. The number of hydrogen-bond donors (Lipinski definition) is 2. The molecule has 1 aliphatic heterocycles. The van der Waals surface area contributed by atoms with Crippen LogP contribution in [0.5, 0.6) is 0 Å². The number of anilines is 2. The van der Waals surface area contributed by atoms with Gasteiger partial charge in [-0.05, 0) is 54.5 Å². The van der Waals surface area contributed by atoms with Crippen LogP contribution in [0.25, 0.3) is 22.2 Å². The number of pyridine rings is 1. The lowest BCUT2D eigenvalue weighted by molar-refractivity contribution is -0.134. The highest BCUT2D eigenvalue weighted by Gasteiger charge is 2.34. The van der Waals surface area contributed by atoms with Crippen molar-refractivity contribution in [2.24, 2.45) is 5.92 Å². The first-order chi connectivity index (χ1) is 17.6. The number of carbonyl (C=O) groups is 1. The molecule has 0 atom stereocenters. The van der Waals surface area contributed by atoms with Crippen LogP contribution in [0, 0.1) is 5.92 Å². The third-order valence-corrected chi connectivity index (χ3v) is 7.29. The fourth-order valence-corrected chi connectivity index (χ4v) is 4.87. The Kier molecular flexibility index (Phi) is 6.28. The van der Waals surface area contributed by atoms with E-state index in [4.69, 9.17) is 0 Å². The molecule has 6 rings (SSSR count). The Balaban J connectivity index is 1.10. The topological polar surface area (TPSA) is 103 Å². The summed E-state index contributed by atoms with van der Waals surface area (Å²) in [5.74, 6) is 2.05. The van der Waals surface area contributed by atoms with Crippen molar-refractivity contribution in [2.45, 2.75) is 24.5 Å². The highest BCUT2D eigenvalue weighted by Crippen LogP contribution is 2.31. The first-order valence-electron chi connectivity index (χ1n) is 12.2. The molecule has 0 unspecified atom stereocenters. The van der Waals surface area contributed by atoms with E-state index in [0.717, 1.165) is 78.7 Å². The van der Waals surface area contributed by atoms with Gasteiger partial charge >= 0.3 is 0 Å². The second kappa shape index (κ2) is 9.87. The number of amides is 1. The fraction of sp³-hybridized carbons (Fsp3) is 0.346. The average molecular weight is 501 g/mol. The molecule has 1 saturated carbocycles. The van der Waals surface area contributed by atoms with Crippen LogP contribution >= 0.6 is 11.8 Å². The molecular formula is C26H28N8OS. The number of nitrogens with zero attached hydrogens (tertiary/aromatic N) is 6. The van der Waals surface area contributed by atoms with Gasteiger partial charge in [-0.25, -0.2) is 19.9 Å². The number of fused-ring (bicyclic) bond motifs is 1. The Bertz CT molecular complexity index is 1380. The lowest BCUT2D eigenvalue weighted by atomic mass is 10.1. The normalized spacial score (nSPS) is 16.4. The molecule has 0 spiro atoms. The molecule has 4 heterocycles. The van der Waals surface area contributed by atoms with Gasteiger partial charge in [0.2, 0.25) is 11.9 Å². The molecule has 9 nitrogen and oxygen atoms in total. The van der Waals surface area contributed by atoms with E-state index < -0.39 is 0 Å². The lowest BCUT2D eigenvalue weighted by Gasteiger charge is -2.34. The summed E-state index contributed by atoms with van der Waals surface area (Å²) < 4.78 is 0. The van der Waals surface area contributed by atoms with Crippen LogP contribution in [0.1, 0.15) is 18.4 Å². The zero-order valence-electron chi connectivity index (χ0n) is 20.1. The first-order valence-corrected chi connectivity index (χ1v) is 13.5. The van der Waals surface area contributed by atoms with E-state index >= 15 is 0 Å². The summed E-state index contributed by atoms with van der Waals surface area (Å²) in [7, 11) is 0. The summed E-state index contributed by atoms with van der Waals surface area (Å²) in [5.41, 5.74) is 4.98. The molecule has 0 radical (unpaired) electrons. The number of imidazole rings is 1. The number of aromatic nitrogens is 5. The molecule has 0 bridgehead atoms. The summed E-state index contributed by atoms with van der Waals surface area (Å²) in [5, 5.41) is 4.07. The highest BCUT2D eigenvalue weighted by molar-refractivity contribution is 7.98. The number of piperazine rings is 1. The first kappa shape index (κ1) is 22.9. The zero-order chi connectivity index (χ0) is 24.5. The van der Waals surface area contributed by atoms with E-state index in [1.165, 1.54) is 17.3 Å². The maximum atomic E-state index is 12.3. The van der Waals surface area contributed by atoms with Crippen molar-refractivity contribution >= 4 is 40.5 Å². The molecular weight excluding hydrogens is 472 g/mol. The van der Waals surface area contributed by atoms with E-state index in [2.05, 4.69) is 47.3 Å². The van der Waals surface area contributed by atoms with Gasteiger partial charge in [0.15, 0.2) is 5.16 Å². The lowest BCUT2D eigenvalue weighted by Crippen LogP contribution is -2.48. The van der Waals surface area contributed by atoms with E-state index in [0.29, 0.717) is 17.8 Å². The number of benzene rings is 1. The molecule has 36 heavy (non-hydrogen) atoms. The van der Waals surface area contributed by atoms with Crippen molar-refractivity contribution in [1.82, 2.24) is 34.7 Å². The Labute approximate surface area is 213 Å². The van der Waals surface area contributed by atoms with E-state index in [1.54, 1.807) is 0 Å². The Morgan fingerprint density at radius 3 is 2.61 bits per heavy atom. The Hall–Kier alpha value is -3.50. The maximum Gasteiger partial charge on any atom is 0.225 e. The summed E-state index contributed by atoms with van der Waals surface area (Å²) >= 11 is 1.52. The van der Waals surface area contributed by atoms with Crippen LogP contribution in [0.15, 0.2) is 54.1 Å². The number of aromatic amines is 1. The largest absolute Gasteiger partial charge is 0.340 e. The van der Waals surface area contributed by atoms with E-state index in [-0.39, 0.29) is 0 Å². The number of carbonyl (C=O) groups excluding carboxylic acids is 1. The van der Waals surface area contributed by atoms with Gasteiger partial charge in [-0.3, -0.25) is 9.69 Å². The van der Waals surface area contributed by atoms with Gasteiger partial charge in [-0.1, -0.05) is 17.8 Å². The summed E-state index contributed by atoms with van der Waals surface area (Å²) in [6.07, 6.45) is 9.61. The quantitative estimate of drug-likeness (QED) is 0.291. The molecule has 10 heteroatoms. The van der Waals surface area contributed by atoms with Gasteiger partial charge < -0.3 is 15.2 Å². The Morgan fingerprint density at radius 2 is 1.86 bits per heavy atom. The minimum absolute atomic E-state index is 0.302. The Morgan fingerprint density at radius 1 is 1.06 bits per heavy atom.